The first-order valence-corrected chi connectivity index (χ1v) is 12.6. The van der Waals surface area contributed by atoms with Crippen molar-refractivity contribution in [1.29, 1.82) is 10.8 Å². The molecule has 38 heavy (non-hydrogen) atoms. The molecule has 0 atom stereocenters. The number of aromatic nitrogens is 3. The van der Waals surface area contributed by atoms with Crippen LogP contribution in [0.25, 0.3) is 16.9 Å². The second-order valence-electron chi connectivity index (χ2n) is 11.4. The number of hydrogen-bond donors (Lipinski definition) is 2. The number of piperazine rings is 1. The Kier molecular flexibility index (Phi) is 6.86. The third-order valence-corrected chi connectivity index (χ3v) is 6.68. The molecule has 1 aromatic carbocycles. The highest BCUT2D eigenvalue weighted by Gasteiger charge is 2.40. The molecule has 1 aliphatic heterocycles. The van der Waals surface area contributed by atoms with Crippen LogP contribution in [0.3, 0.4) is 0 Å². The van der Waals surface area contributed by atoms with Crippen molar-refractivity contribution in [3.63, 3.8) is 0 Å². The van der Waals surface area contributed by atoms with Gasteiger partial charge in [0.25, 0.3) is 11.8 Å². The van der Waals surface area contributed by atoms with E-state index in [0.717, 1.165) is 16.8 Å². The zero-order valence-electron chi connectivity index (χ0n) is 23.0. The number of hydrogen-bond acceptors (Lipinski definition) is 7. The van der Waals surface area contributed by atoms with E-state index in [1.165, 1.54) is 17.4 Å². The Morgan fingerprint density at radius 1 is 1.08 bits per heavy atom. The molecular formula is C28H35N7O3. The Morgan fingerprint density at radius 2 is 1.74 bits per heavy atom. The number of carbonyl (C=O) groups is 2. The molecular weight excluding hydrogens is 482 g/mol. The first-order chi connectivity index (χ1) is 17.7. The van der Waals surface area contributed by atoms with E-state index in [0.29, 0.717) is 5.65 Å². The van der Waals surface area contributed by atoms with E-state index in [4.69, 9.17) is 25.6 Å². The predicted octanol–water partition coefficient (Wildman–Crippen LogP) is 4.06. The number of fused-ring (bicyclic) bond motifs is 1. The number of nitrogens with zero attached hydrogens (tertiary/aromatic N) is 5. The van der Waals surface area contributed by atoms with Crippen LogP contribution in [0.1, 0.15) is 63.2 Å². The van der Waals surface area contributed by atoms with Crippen LogP contribution in [-0.4, -0.2) is 73.2 Å². The van der Waals surface area contributed by atoms with Crippen molar-refractivity contribution in [3.05, 3.63) is 53.3 Å². The van der Waals surface area contributed by atoms with E-state index in [2.05, 4.69) is 20.8 Å². The van der Waals surface area contributed by atoms with Gasteiger partial charge in [-0.3, -0.25) is 20.4 Å². The summed E-state index contributed by atoms with van der Waals surface area (Å²) in [7, 11) is 0. The predicted molar refractivity (Wildman–Crippen MR) is 146 cm³/mol. The van der Waals surface area contributed by atoms with Gasteiger partial charge in [-0.2, -0.15) is 5.10 Å². The number of rotatable bonds is 2. The molecule has 0 aliphatic carbocycles. The maximum atomic E-state index is 13.7. The highest BCUT2D eigenvalue weighted by molar-refractivity contribution is 6.35. The third kappa shape index (κ3) is 5.29. The molecule has 0 spiro atoms. The van der Waals surface area contributed by atoms with Gasteiger partial charge in [-0.15, -0.1) is 0 Å². The summed E-state index contributed by atoms with van der Waals surface area (Å²) in [6.45, 7) is 14.2. The molecule has 0 unspecified atom stereocenters. The Labute approximate surface area is 222 Å². The first-order valence-electron chi connectivity index (χ1n) is 12.6. The van der Waals surface area contributed by atoms with Gasteiger partial charge < -0.3 is 14.5 Å². The van der Waals surface area contributed by atoms with E-state index < -0.39 is 17.3 Å². The molecule has 3 heterocycles. The molecule has 0 bridgehead atoms. The summed E-state index contributed by atoms with van der Waals surface area (Å²) in [4.78, 5) is 34.3. The summed E-state index contributed by atoms with van der Waals surface area (Å²) in [5, 5.41) is 20.0. The number of nitrogens with one attached hydrogen (secondary N) is 2. The maximum Gasteiger partial charge on any atom is 0.309 e. The van der Waals surface area contributed by atoms with E-state index in [1.807, 2.05) is 51.1 Å². The van der Waals surface area contributed by atoms with Crippen molar-refractivity contribution in [1.82, 2.24) is 24.4 Å². The summed E-state index contributed by atoms with van der Waals surface area (Å²) in [5.41, 5.74) is 3.91. The van der Waals surface area contributed by atoms with E-state index in [-0.39, 0.29) is 42.5 Å². The van der Waals surface area contributed by atoms with Crippen LogP contribution in [0.5, 0.6) is 0 Å². The Morgan fingerprint density at radius 3 is 2.32 bits per heavy atom. The zero-order chi connectivity index (χ0) is 28.0. The van der Waals surface area contributed by atoms with Crippen molar-refractivity contribution < 1.29 is 14.3 Å². The first kappa shape index (κ1) is 27.0. The van der Waals surface area contributed by atoms with Gasteiger partial charge in [0.05, 0.1) is 17.4 Å². The fourth-order valence-electron chi connectivity index (χ4n) is 4.68. The van der Waals surface area contributed by atoms with Gasteiger partial charge in [0.15, 0.2) is 11.5 Å². The molecule has 10 nitrogen and oxygen atoms in total. The van der Waals surface area contributed by atoms with Crippen molar-refractivity contribution in [3.8, 4) is 11.3 Å². The minimum Gasteiger partial charge on any atom is -0.421 e. The molecule has 0 saturated carbocycles. The quantitative estimate of drug-likeness (QED) is 0.391. The van der Waals surface area contributed by atoms with Gasteiger partial charge in [-0.1, -0.05) is 50.6 Å². The lowest BCUT2D eigenvalue weighted by Gasteiger charge is -2.46. The average molecular weight is 518 g/mol. The summed E-state index contributed by atoms with van der Waals surface area (Å²) in [6, 6.07) is 10.2. The minimum absolute atomic E-state index is 0.219. The lowest BCUT2D eigenvalue weighted by molar-refractivity contribution is -0.129. The van der Waals surface area contributed by atoms with Crippen LogP contribution in [0.15, 0.2) is 36.5 Å². The molecule has 1 aliphatic rings. The zero-order valence-corrected chi connectivity index (χ0v) is 23.0. The summed E-state index contributed by atoms with van der Waals surface area (Å²) >= 11 is 0. The number of carbonyl (C=O) groups excluding carboxylic acids is 2. The van der Waals surface area contributed by atoms with E-state index >= 15 is 0 Å². The number of aryl methyl sites for hydroxylation is 1. The monoisotopic (exact) mass is 517 g/mol. The highest BCUT2D eigenvalue weighted by Crippen LogP contribution is 2.31. The second kappa shape index (κ2) is 9.66. The number of imidazole rings is 1. The minimum atomic E-state index is -0.714. The number of amides is 2. The second-order valence-corrected chi connectivity index (χ2v) is 11.4. The van der Waals surface area contributed by atoms with Crippen molar-refractivity contribution in [2.24, 2.45) is 0 Å². The Bertz CT molecular complexity index is 1430. The molecule has 1 fully saturated rings. The van der Waals surface area contributed by atoms with Crippen LogP contribution in [-0.2, 0) is 14.9 Å². The molecule has 2 aromatic heterocycles. The fourth-order valence-corrected chi connectivity index (χ4v) is 4.68. The molecule has 200 valence electrons. The standard InChI is InChI=1S/C28H35N7O3/c1-17-8-10-19(11-9-17)21-14-20(27(3,4)5)24-31-22(15-35(24)32-21)25(36)34-13-12-33(16-28(34,6)7)26(37)23(30)38-18(2)29/h8-11,14-15,29-30H,12-13,16H2,1-7H3. The Hall–Kier alpha value is -4.08. The molecule has 3 aromatic rings. The van der Waals surface area contributed by atoms with E-state index in [9.17, 15) is 9.59 Å². The molecule has 4 rings (SSSR count). The largest absolute Gasteiger partial charge is 0.421 e. The van der Waals surface area contributed by atoms with Crippen molar-refractivity contribution in [2.45, 2.75) is 59.4 Å². The third-order valence-electron chi connectivity index (χ3n) is 6.68. The topological polar surface area (TPSA) is 128 Å². The van der Waals surface area contributed by atoms with Gasteiger partial charge >= 0.3 is 5.91 Å². The molecule has 2 N–H and O–H groups in total. The SMILES string of the molecule is CC(=N)OC(=N)C(=O)N1CCN(C(=O)c2cn3nc(-c4ccc(C)cc4)cc(C(C)(C)C)c3n2)C(C)(C)C1. The van der Waals surface area contributed by atoms with Gasteiger partial charge in [0.1, 0.15) is 5.69 Å². The van der Waals surface area contributed by atoms with Gasteiger partial charge in [0.2, 0.25) is 0 Å². The lowest BCUT2D eigenvalue weighted by Crippen LogP contribution is -2.62. The summed E-state index contributed by atoms with van der Waals surface area (Å²) in [6.07, 6.45) is 1.68. The normalized spacial score (nSPS) is 15.4. The maximum absolute atomic E-state index is 13.7. The summed E-state index contributed by atoms with van der Waals surface area (Å²) < 4.78 is 6.56. The van der Waals surface area contributed by atoms with Crippen LogP contribution in [0.4, 0.5) is 0 Å². The van der Waals surface area contributed by atoms with E-state index in [1.54, 1.807) is 15.6 Å². The van der Waals surface area contributed by atoms with Gasteiger partial charge in [0, 0.05) is 37.7 Å². The molecule has 1 saturated heterocycles. The van der Waals surface area contributed by atoms with Crippen LogP contribution < -0.4 is 0 Å². The molecule has 0 radical (unpaired) electrons. The summed E-state index contributed by atoms with van der Waals surface area (Å²) in [5.74, 6) is -1.67. The van der Waals surface area contributed by atoms with Gasteiger partial charge in [-0.25, -0.2) is 9.50 Å². The van der Waals surface area contributed by atoms with Gasteiger partial charge in [-0.05, 0) is 32.3 Å². The Balaban J connectivity index is 1.65. The lowest BCUT2D eigenvalue weighted by atomic mass is 9.87. The average Bonchev–Trinajstić information content (AvgIpc) is 3.25. The van der Waals surface area contributed by atoms with Crippen LogP contribution in [0.2, 0.25) is 0 Å². The molecule has 10 heteroatoms. The van der Waals surface area contributed by atoms with Crippen molar-refractivity contribution >= 4 is 29.3 Å². The molecule has 2 amide bonds. The number of benzene rings is 1. The smallest absolute Gasteiger partial charge is 0.309 e. The van der Waals surface area contributed by atoms with Crippen molar-refractivity contribution in [2.75, 3.05) is 19.6 Å². The highest BCUT2D eigenvalue weighted by atomic mass is 16.5. The van der Waals surface area contributed by atoms with Crippen LogP contribution in [0, 0.1) is 17.7 Å². The number of ether oxygens (including phenoxy) is 1. The van der Waals surface area contributed by atoms with Crippen LogP contribution >= 0.6 is 0 Å². The fraction of sp³-hybridized carbons (Fsp3) is 0.429.